The van der Waals surface area contributed by atoms with Gasteiger partial charge in [0.2, 0.25) is 5.91 Å². The van der Waals surface area contributed by atoms with Gasteiger partial charge in [0.05, 0.1) is 11.0 Å². The topological polar surface area (TPSA) is 73.3 Å². The van der Waals surface area contributed by atoms with Crippen molar-refractivity contribution in [3.05, 3.63) is 34.7 Å². The first kappa shape index (κ1) is 14.8. The van der Waals surface area contributed by atoms with E-state index in [0.29, 0.717) is 25.4 Å². The Labute approximate surface area is 129 Å². The summed E-state index contributed by atoms with van der Waals surface area (Å²) in [7, 11) is 1.76. The molecule has 1 amide bonds. The van der Waals surface area contributed by atoms with Gasteiger partial charge in [0.25, 0.3) is 0 Å². The molecule has 2 aromatic rings. The summed E-state index contributed by atoms with van der Waals surface area (Å²) in [6.45, 7) is 2.58. The molecule has 1 aromatic heterocycles. The summed E-state index contributed by atoms with van der Waals surface area (Å²) in [6.07, 6.45) is 1.33. The fraction of sp³-hybridized carbons (Fsp3) is 0.500. The third-order valence-electron chi connectivity index (χ3n) is 4.57. The van der Waals surface area contributed by atoms with E-state index in [2.05, 4.69) is 0 Å². The van der Waals surface area contributed by atoms with E-state index in [9.17, 15) is 9.59 Å². The predicted molar refractivity (Wildman–Crippen MR) is 85.5 cm³/mol. The molecule has 0 saturated carbocycles. The number of amides is 1. The number of imidazole rings is 1. The normalized spacial score (nSPS) is 18.3. The molecule has 1 saturated heterocycles. The smallest absolute Gasteiger partial charge is 0.328 e. The third-order valence-corrected chi connectivity index (χ3v) is 4.57. The second-order valence-corrected chi connectivity index (χ2v) is 5.96. The Morgan fingerprint density at radius 1 is 1.32 bits per heavy atom. The number of rotatable bonds is 4. The summed E-state index contributed by atoms with van der Waals surface area (Å²) in [5.74, 6) is 0.528. The van der Waals surface area contributed by atoms with E-state index >= 15 is 0 Å². The molecular weight excluding hydrogens is 280 g/mol. The molecule has 6 nitrogen and oxygen atoms in total. The maximum Gasteiger partial charge on any atom is 0.328 e. The fourth-order valence-electron chi connectivity index (χ4n) is 3.20. The van der Waals surface area contributed by atoms with Crippen molar-refractivity contribution >= 4 is 16.9 Å². The standard InChI is InChI=1S/C16H22N4O2/c1-18-13-4-2-3-5-14(13)20(16(18)22)9-7-15(21)19-8-6-12(10-17)11-19/h2-5,12H,6-11,17H2,1H3. The molecule has 1 aliphatic heterocycles. The van der Waals surface area contributed by atoms with Crippen LogP contribution in [0.2, 0.25) is 0 Å². The number of benzene rings is 1. The molecule has 1 atom stereocenters. The number of nitrogens with two attached hydrogens (primary N) is 1. The van der Waals surface area contributed by atoms with Crippen molar-refractivity contribution in [3.8, 4) is 0 Å². The van der Waals surface area contributed by atoms with Crippen LogP contribution in [-0.2, 0) is 18.4 Å². The summed E-state index contributed by atoms with van der Waals surface area (Å²) in [4.78, 5) is 26.5. The molecule has 1 aromatic carbocycles. The summed E-state index contributed by atoms with van der Waals surface area (Å²) < 4.78 is 3.31. The highest BCUT2D eigenvalue weighted by atomic mass is 16.2. The van der Waals surface area contributed by atoms with Crippen LogP contribution in [0.15, 0.2) is 29.1 Å². The van der Waals surface area contributed by atoms with Crippen molar-refractivity contribution in [2.75, 3.05) is 19.6 Å². The Hall–Kier alpha value is -2.08. The summed E-state index contributed by atoms with van der Waals surface area (Å²) in [5.41, 5.74) is 7.36. The first-order chi connectivity index (χ1) is 10.6. The molecule has 2 heterocycles. The van der Waals surface area contributed by atoms with Crippen molar-refractivity contribution in [2.24, 2.45) is 18.7 Å². The molecule has 0 bridgehead atoms. The molecular formula is C16H22N4O2. The molecule has 1 fully saturated rings. The third kappa shape index (κ3) is 2.54. The van der Waals surface area contributed by atoms with Crippen LogP contribution in [0, 0.1) is 5.92 Å². The van der Waals surface area contributed by atoms with E-state index < -0.39 is 0 Å². The van der Waals surface area contributed by atoms with Crippen molar-refractivity contribution in [3.63, 3.8) is 0 Å². The lowest BCUT2D eigenvalue weighted by Gasteiger charge is -2.16. The van der Waals surface area contributed by atoms with Gasteiger partial charge in [0.1, 0.15) is 0 Å². The lowest BCUT2D eigenvalue weighted by atomic mass is 10.1. The van der Waals surface area contributed by atoms with Crippen molar-refractivity contribution in [1.29, 1.82) is 0 Å². The second-order valence-electron chi connectivity index (χ2n) is 5.96. The number of carbonyl (C=O) groups excluding carboxylic acids is 1. The van der Waals surface area contributed by atoms with Crippen LogP contribution < -0.4 is 11.4 Å². The summed E-state index contributed by atoms with van der Waals surface area (Å²) >= 11 is 0. The number of carbonyl (C=O) groups is 1. The highest BCUT2D eigenvalue weighted by molar-refractivity contribution is 5.78. The Balaban J connectivity index is 1.73. The van der Waals surface area contributed by atoms with Crippen LogP contribution in [0.1, 0.15) is 12.8 Å². The number of likely N-dealkylation sites (tertiary alicyclic amines) is 1. The number of aromatic nitrogens is 2. The first-order valence-corrected chi connectivity index (χ1v) is 7.74. The molecule has 1 unspecified atom stereocenters. The van der Waals surface area contributed by atoms with Crippen LogP contribution in [-0.4, -0.2) is 39.6 Å². The zero-order valence-electron chi connectivity index (χ0n) is 12.9. The summed E-state index contributed by atoms with van der Waals surface area (Å²) in [5, 5.41) is 0. The SMILES string of the molecule is Cn1c(=O)n(CCC(=O)N2CCC(CN)C2)c2ccccc21. The molecule has 118 valence electrons. The van der Waals surface area contributed by atoms with Crippen LogP contribution in [0.3, 0.4) is 0 Å². The van der Waals surface area contributed by atoms with Gasteiger partial charge in [-0.2, -0.15) is 0 Å². The monoisotopic (exact) mass is 302 g/mol. The largest absolute Gasteiger partial charge is 0.342 e. The maximum atomic E-state index is 12.3. The van der Waals surface area contributed by atoms with E-state index in [0.717, 1.165) is 30.5 Å². The van der Waals surface area contributed by atoms with Crippen LogP contribution in [0.25, 0.3) is 11.0 Å². The number of aryl methyl sites for hydroxylation is 2. The molecule has 6 heteroatoms. The number of para-hydroxylation sites is 2. The molecule has 0 spiro atoms. The number of nitrogens with zero attached hydrogens (tertiary/aromatic N) is 3. The number of fused-ring (bicyclic) bond motifs is 1. The van der Waals surface area contributed by atoms with Gasteiger partial charge in [-0.3, -0.25) is 13.9 Å². The predicted octanol–water partition coefficient (Wildman–Crippen LogP) is 0.537. The number of hydrogen-bond acceptors (Lipinski definition) is 3. The van der Waals surface area contributed by atoms with E-state index in [1.165, 1.54) is 0 Å². The zero-order valence-corrected chi connectivity index (χ0v) is 12.9. The minimum atomic E-state index is -0.0738. The minimum absolute atomic E-state index is 0.0738. The maximum absolute atomic E-state index is 12.3. The van der Waals surface area contributed by atoms with Gasteiger partial charge < -0.3 is 10.6 Å². The van der Waals surface area contributed by atoms with Crippen molar-refractivity contribution in [1.82, 2.24) is 14.0 Å². The highest BCUT2D eigenvalue weighted by Gasteiger charge is 2.25. The molecule has 2 N–H and O–H groups in total. The lowest BCUT2D eigenvalue weighted by Crippen LogP contribution is -2.31. The van der Waals surface area contributed by atoms with Gasteiger partial charge >= 0.3 is 5.69 Å². The van der Waals surface area contributed by atoms with Crippen molar-refractivity contribution < 1.29 is 4.79 Å². The first-order valence-electron chi connectivity index (χ1n) is 7.74. The Morgan fingerprint density at radius 2 is 2.05 bits per heavy atom. The lowest BCUT2D eigenvalue weighted by molar-refractivity contribution is -0.130. The minimum Gasteiger partial charge on any atom is -0.342 e. The highest BCUT2D eigenvalue weighted by Crippen LogP contribution is 2.17. The van der Waals surface area contributed by atoms with Gasteiger partial charge in [-0.15, -0.1) is 0 Å². The quantitative estimate of drug-likeness (QED) is 0.896. The van der Waals surface area contributed by atoms with E-state index in [4.69, 9.17) is 5.73 Å². The van der Waals surface area contributed by atoms with E-state index in [-0.39, 0.29) is 11.6 Å². The molecule has 3 rings (SSSR count). The van der Waals surface area contributed by atoms with Gasteiger partial charge in [-0.1, -0.05) is 12.1 Å². The molecule has 22 heavy (non-hydrogen) atoms. The Morgan fingerprint density at radius 3 is 2.73 bits per heavy atom. The Kier molecular flexibility index (Phi) is 4.02. The fourth-order valence-corrected chi connectivity index (χ4v) is 3.20. The Bertz CT molecular complexity index is 746. The number of hydrogen-bond donors (Lipinski definition) is 1. The van der Waals surface area contributed by atoms with Gasteiger partial charge in [0, 0.05) is 33.1 Å². The second kappa shape index (κ2) is 5.96. The van der Waals surface area contributed by atoms with Gasteiger partial charge in [-0.25, -0.2) is 4.79 Å². The average Bonchev–Trinajstić information content (AvgIpc) is 3.11. The van der Waals surface area contributed by atoms with Crippen LogP contribution in [0.5, 0.6) is 0 Å². The van der Waals surface area contributed by atoms with E-state index in [1.807, 2.05) is 29.2 Å². The van der Waals surface area contributed by atoms with Crippen LogP contribution >= 0.6 is 0 Å². The summed E-state index contributed by atoms with van der Waals surface area (Å²) in [6, 6.07) is 7.66. The van der Waals surface area contributed by atoms with Crippen molar-refractivity contribution in [2.45, 2.75) is 19.4 Å². The zero-order chi connectivity index (χ0) is 15.7. The molecule has 1 aliphatic rings. The molecule has 0 aliphatic carbocycles. The van der Waals surface area contributed by atoms with E-state index in [1.54, 1.807) is 16.2 Å². The van der Waals surface area contributed by atoms with Crippen LogP contribution in [0.4, 0.5) is 0 Å². The van der Waals surface area contributed by atoms with Gasteiger partial charge in [0.15, 0.2) is 0 Å². The average molecular weight is 302 g/mol. The van der Waals surface area contributed by atoms with Gasteiger partial charge in [-0.05, 0) is 31.0 Å². The molecule has 0 radical (unpaired) electrons.